The van der Waals surface area contributed by atoms with Crippen molar-refractivity contribution in [2.45, 2.75) is 41.2 Å². The van der Waals surface area contributed by atoms with Gasteiger partial charge in [0.1, 0.15) is 74.1 Å². The number of aromatic nitrogens is 24. The summed E-state index contributed by atoms with van der Waals surface area (Å²) >= 11 is 40.4. The highest BCUT2D eigenvalue weighted by Gasteiger charge is 2.28. The van der Waals surface area contributed by atoms with E-state index < -0.39 is 0 Å². The number of methoxy groups -OCH3 is 1. The van der Waals surface area contributed by atoms with Crippen LogP contribution in [0.15, 0.2) is 334 Å². The van der Waals surface area contributed by atoms with E-state index in [2.05, 4.69) is 175 Å². The van der Waals surface area contributed by atoms with Crippen LogP contribution in [0.2, 0.25) is 30.1 Å². The van der Waals surface area contributed by atoms with Gasteiger partial charge in [-0.15, -0.1) is 61.2 Å². The van der Waals surface area contributed by atoms with Crippen molar-refractivity contribution in [1.29, 1.82) is 0 Å². The van der Waals surface area contributed by atoms with E-state index in [1.165, 1.54) is 11.1 Å². The molecular weight excluding hydrogens is 1930 g/mol. The first kappa shape index (κ1) is 97.3. The molecule has 12 aromatic heterocycles. The summed E-state index contributed by atoms with van der Waals surface area (Å²) in [6.07, 6.45) is 0. The molecule has 0 aliphatic heterocycles. The van der Waals surface area contributed by atoms with E-state index in [-0.39, 0.29) is 0 Å². The molecule has 145 heavy (non-hydrogen) atoms. The van der Waals surface area contributed by atoms with E-state index in [0.29, 0.717) is 105 Å². The zero-order valence-corrected chi connectivity index (χ0v) is 84.9. The van der Waals surface area contributed by atoms with Crippen LogP contribution in [0, 0.1) is 27.7 Å². The van der Waals surface area contributed by atoms with Crippen molar-refractivity contribution < 1.29 is 4.74 Å². The Morgan fingerprint density at radius 2 is 0.448 bits per heavy atom. The molecule has 24 rings (SSSR count). The van der Waals surface area contributed by atoms with Gasteiger partial charge in [0.15, 0.2) is 33.9 Å². The average molecular weight is 2020 g/mol. The van der Waals surface area contributed by atoms with Crippen LogP contribution in [0.25, 0.3) is 201 Å². The van der Waals surface area contributed by atoms with Crippen molar-refractivity contribution >= 4 is 136 Å². The van der Waals surface area contributed by atoms with Gasteiger partial charge in [-0.05, 0) is 63.9 Å². The number of halogens is 6. The Morgan fingerprint density at radius 3 is 0.745 bits per heavy atom. The molecule has 714 valence electrons. The number of rotatable bonds is 14. The first-order chi connectivity index (χ1) is 70.6. The highest BCUT2D eigenvalue weighted by Crippen LogP contribution is 2.46. The van der Waals surface area contributed by atoms with Crippen molar-refractivity contribution in [1.82, 2.24) is 120 Å². The molecule has 24 aromatic rings. The molecule has 12 heterocycles. The van der Waals surface area contributed by atoms with Gasteiger partial charge in [0.25, 0.3) is 0 Å². The summed E-state index contributed by atoms with van der Waals surface area (Å²) in [5.74, 6) is 0.762. The minimum absolute atomic E-state index is 0.544. The maximum absolute atomic E-state index is 6.75. The molecule has 0 fully saturated rings. The van der Waals surface area contributed by atoms with Crippen molar-refractivity contribution in [2.75, 3.05) is 7.11 Å². The first-order valence-corrected chi connectivity index (χ1v) is 48.5. The number of nitrogens with zero attached hydrogens (tertiary/aromatic N) is 24. The van der Waals surface area contributed by atoms with Crippen LogP contribution in [0.1, 0.15) is 29.2 Å². The van der Waals surface area contributed by atoms with Crippen molar-refractivity contribution in [2.24, 2.45) is 35.2 Å². The van der Waals surface area contributed by atoms with Crippen LogP contribution in [-0.2, 0) is 41.8 Å². The molecule has 0 bridgehead atoms. The minimum atomic E-state index is 0.544. The van der Waals surface area contributed by atoms with Crippen LogP contribution in [-0.4, -0.2) is 127 Å². The lowest BCUT2D eigenvalue weighted by Gasteiger charge is -2.06. The summed E-state index contributed by atoms with van der Waals surface area (Å²) in [6, 6.07) is 109. The van der Waals surface area contributed by atoms with Gasteiger partial charge in [0.2, 0.25) is 0 Å². The summed E-state index contributed by atoms with van der Waals surface area (Å²) in [6.45, 7) is 11.0. The third-order valence-electron chi connectivity index (χ3n) is 24.4. The summed E-state index contributed by atoms with van der Waals surface area (Å²) in [4.78, 5) is 0. The molecule has 25 nitrogen and oxygen atoms in total. The molecular formula is C114H90Cl6N24O. The summed E-state index contributed by atoms with van der Waals surface area (Å²) in [5.41, 5.74) is 29.4. The second-order valence-electron chi connectivity index (χ2n) is 34.1. The fourth-order valence-electron chi connectivity index (χ4n) is 17.1. The van der Waals surface area contributed by atoms with Gasteiger partial charge in [-0.3, -0.25) is 0 Å². The molecule has 0 aliphatic carbocycles. The molecule has 0 saturated carbocycles. The van der Waals surface area contributed by atoms with Gasteiger partial charge in [0.05, 0.1) is 69.6 Å². The van der Waals surface area contributed by atoms with Crippen molar-refractivity contribution in [3.63, 3.8) is 0 Å². The maximum Gasteiger partial charge on any atom is 0.182 e. The smallest absolute Gasteiger partial charge is 0.182 e. The van der Waals surface area contributed by atoms with Gasteiger partial charge in [-0.2, -0.15) is 30.6 Å². The number of hydrogen-bond acceptors (Lipinski definition) is 19. The number of fused-ring (bicyclic) bond motifs is 6. The van der Waals surface area contributed by atoms with E-state index in [9.17, 15) is 0 Å². The Bertz CT molecular complexity index is 8600. The topological polar surface area (TPSA) is 271 Å². The lowest BCUT2D eigenvalue weighted by atomic mass is 10.0. The summed E-state index contributed by atoms with van der Waals surface area (Å²) in [7, 11) is 10.9. The molecule has 0 spiro atoms. The number of ether oxygens (including phenoxy) is 1. The Labute approximate surface area is 864 Å². The van der Waals surface area contributed by atoms with Crippen LogP contribution in [0.3, 0.4) is 0 Å². The normalized spacial score (nSPS) is 11.1. The largest absolute Gasteiger partial charge is 0.497 e. The Kier molecular flexibility index (Phi) is 28.9. The second kappa shape index (κ2) is 43.1. The predicted octanol–water partition coefficient (Wildman–Crippen LogP) is 27.8. The van der Waals surface area contributed by atoms with Gasteiger partial charge in [-0.1, -0.05) is 396 Å². The molecule has 0 amide bonds. The third kappa shape index (κ3) is 19.9. The number of aryl methyl sites for hydroxylation is 10. The van der Waals surface area contributed by atoms with E-state index in [1.807, 2.05) is 320 Å². The standard InChI is InChI=1S/C19H15ClN4O.5C19H15ClN4/c1-24-19-15(17(23-24)13-9-6-10-14(11-13)25-2)16(20)18(21-22-19)12-7-4-3-5-8-12;2*1-12-8-6-7-11-14(12)18-15-16(20)17(13-9-4-3-5-10-13)21-22-19(15)24(2)23-18;1-12-7-6-10-14(11-12)17-15-16(20)18(13-8-4-3-5-9-13)21-22-19(15)24(2)23-17;1-12-8-10-14(11-9-12)17-15-16(20)18(13-6-4-3-5-7-13)21-22-19(15)24(2)23-17;1-2-24-19-15(17(23-24)13-9-5-3-6-10-13)16(20)18(21-22-19)14-11-7-4-8-12-14/h3-11H,1-2H3;4*3-11H,1-2H3;3-12H,2H2,1H3. The zero-order chi connectivity index (χ0) is 101. The highest BCUT2D eigenvalue weighted by atomic mass is 35.5. The fourth-order valence-corrected chi connectivity index (χ4v) is 19.0. The SMILES string of the molecule is CCn1nc(-c2ccccc2)c2c(Cl)c(-c3ccccc3)nnc21.COc1cccc(-c2nn(C)c3nnc(-c4ccccc4)c(Cl)c23)c1.Cc1ccc(-c2nn(C)c3nnc(-c4ccccc4)c(Cl)c23)cc1.Cc1cccc(-c2nn(C)c3nnc(-c4ccccc4)c(Cl)c23)c1.Cc1ccccc1-c1nn(C)c2nnc(-c3ccccc3)c(Cl)c12.Cc1ccccc1-c1nn(C)c2nnc(-c3ccccc3)c(Cl)c12. The molecule has 0 N–H and O–H groups in total. The average Bonchev–Trinajstić information content (AvgIpc) is 1.64. The minimum Gasteiger partial charge on any atom is -0.497 e. The molecule has 0 saturated heterocycles. The Balaban J connectivity index is 0.000000110. The second-order valence-corrected chi connectivity index (χ2v) is 36.3. The number of benzene rings is 12. The van der Waals surface area contributed by atoms with Gasteiger partial charge >= 0.3 is 0 Å². The molecule has 31 heteroatoms. The van der Waals surface area contributed by atoms with E-state index in [4.69, 9.17) is 79.4 Å². The Morgan fingerprint density at radius 1 is 0.214 bits per heavy atom. The fraction of sp³-hybridized carbons (Fsp3) is 0.105. The molecule has 0 atom stereocenters. The zero-order valence-electron chi connectivity index (χ0n) is 80.4. The predicted molar refractivity (Wildman–Crippen MR) is 583 cm³/mol. The van der Waals surface area contributed by atoms with Gasteiger partial charge < -0.3 is 4.74 Å². The van der Waals surface area contributed by atoms with E-state index in [1.54, 1.807) is 30.5 Å². The van der Waals surface area contributed by atoms with Crippen LogP contribution >= 0.6 is 69.6 Å². The number of hydrogen-bond donors (Lipinski definition) is 0. The van der Waals surface area contributed by atoms with Crippen LogP contribution in [0.5, 0.6) is 5.75 Å². The van der Waals surface area contributed by atoms with Gasteiger partial charge in [0, 0.05) is 109 Å². The maximum atomic E-state index is 6.75. The molecule has 0 radical (unpaired) electrons. The molecule has 0 unspecified atom stereocenters. The Hall–Kier alpha value is -16.5. The summed E-state index contributed by atoms with van der Waals surface area (Å²) in [5, 5.41) is 88.4. The van der Waals surface area contributed by atoms with E-state index >= 15 is 0 Å². The lowest BCUT2D eigenvalue weighted by Crippen LogP contribution is -1.99. The van der Waals surface area contributed by atoms with Gasteiger partial charge in [-0.25, -0.2) is 28.1 Å². The van der Waals surface area contributed by atoms with Crippen LogP contribution < -0.4 is 4.74 Å². The molecule has 0 aliphatic rings. The van der Waals surface area contributed by atoms with E-state index in [0.717, 1.165) is 150 Å². The van der Waals surface area contributed by atoms with Crippen LogP contribution in [0.4, 0.5) is 0 Å². The third-order valence-corrected chi connectivity index (χ3v) is 26.6. The highest BCUT2D eigenvalue weighted by molar-refractivity contribution is 6.42. The lowest BCUT2D eigenvalue weighted by molar-refractivity contribution is 0.415. The quantitative estimate of drug-likeness (QED) is 0.0978. The monoisotopic (exact) mass is 2020 g/mol. The first-order valence-electron chi connectivity index (χ1n) is 46.3. The molecule has 12 aromatic carbocycles. The van der Waals surface area contributed by atoms with Crippen molar-refractivity contribution in [3.05, 3.63) is 386 Å². The van der Waals surface area contributed by atoms with Crippen molar-refractivity contribution in [3.8, 4) is 141 Å². The summed E-state index contributed by atoms with van der Waals surface area (Å²) < 4.78 is 15.8.